The van der Waals surface area contributed by atoms with Crippen LogP contribution in [-0.4, -0.2) is 6.85 Å². The molecule has 280 valence electrons. The van der Waals surface area contributed by atoms with Gasteiger partial charge in [-0.05, 0) is 119 Å². The molecule has 0 fully saturated rings. The maximum absolute atomic E-state index is 7.03. The van der Waals surface area contributed by atoms with E-state index in [-0.39, 0.29) is 17.7 Å². The van der Waals surface area contributed by atoms with E-state index in [0.29, 0.717) is 0 Å². The molecule has 3 nitrogen and oxygen atoms in total. The third-order valence-corrected chi connectivity index (χ3v) is 17.3. The Bertz CT molecular complexity index is 3160. The molecule has 0 bridgehead atoms. The molecule has 8 aromatic rings. The van der Waals surface area contributed by atoms with E-state index < -0.39 is 0 Å². The van der Waals surface area contributed by atoms with Gasteiger partial charge in [-0.15, -0.1) is 0 Å². The molecule has 0 amide bonds. The van der Waals surface area contributed by atoms with Gasteiger partial charge in [0.05, 0.1) is 5.69 Å². The number of hydrogen-bond acceptors (Lipinski definition) is 6. The summed E-state index contributed by atoms with van der Waals surface area (Å²) in [6.07, 6.45) is 2.36. The minimum atomic E-state index is -0.0778. The van der Waals surface area contributed by atoms with E-state index in [2.05, 4.69) is 166 Å². The van der Waals surface area contributed by atoms with E-state index in [1.807, 2.05) is 35.3 Å². The SMILES string of the molecule is Cc1cc2c(cc1N1c3cc4c(cc3B3c5c1cc1c(oc6ccccc61)c5-c1cccc5c1N3c1ccccc1S5)Sc1ccccc1S4)C(C)(C)CCC2(C)C. The second-order valence-electron chi connectivity index (χ2n) is 17.9. The molecule has 5 aliphatic rings. The number of anilines is 5. The summed E-state index contributed by atoms with van der Waals surface area (Å²) < 4.78 is 7.03. The highest BCUT2D eigenvalue weighted by molar-refractivity contribution is 8.05. The second-order valence-corrected chi connectivity index (χ2v) is 21.2. The van der Waals surface area contributed by atoms with Gasteiger partial charge in [-0.25, -0.2) is 0 Å². The molecule has 0 N–H and O–H groups in total. The van der Waals surface area contributed by atoms with Gasteiger partial charge in [0.2, 0.25) is 0 Å². The maximum Gasteiger partial charge on any atom is 0.333 e. The fraction of sp³-hybridized carbons (Fsp3) is 0.176. The normalized spacial score (nSPS) is 17.2. The highest BCUT2D eigenvalue weighted by Gasteiger charge is 2.50. The van der Waals surface area contributed by atoms with Gasteiger partial charge in [-0.3, -0.25) is 0 Å². The lowest BCUT2D eigenvalue weighted by Crippen LogP contribution is -2.62. The molecule has 58 heavy (non-hydrogen) atoms. The maximum atomic E-state index is 7.03. The van der Waals surface area contributed by atoms with Crippen molar-refractivity contribution in [2.45, 2.75) is 87.7 Å². The summed E-state index contributed by atoms with van der Waals surface area (Å²) in [7, 11) is 0. The zero-order valence-electron chi connectivity index (χ0n) is 33.1. The topological polar surface area (TPSA) is 19.6 Å². The average Bonchev–Trinajstić information content (AvgIpc) is 3.60. The van der Waals surface area contributed by atoms with Crippen LogP contribution in [0.1, 0.15) is 57.2 Å². The van der Waals surface area contributed by atoms with Crippen molar-refractivity contribution < 1.29 is 4.42 Å². The summed E-state index contributed by atoms with van der Waals surface area (Å²) in [4.78, 5) is 13.2. The predicted octanol–water partition coefficient (Wildman–Crippen LogP) is 14.0. The highest BCUT2D eigenvalue weighted by atomic mass is 32.2. The molecule has 7 heteroatoms. The van der Waals surface area contributed by atoms with Crippen molar-refractivity contribution in [1.29, 1.82) is 0 Å². The van der Waals surface area contributed by atoms with E-state index in [1.54, 1.807) is 0 Å². The molecule has 1 aliphatic carbocycles. The lowest BCUT2D eigenvalue weighted by Gasteiger charge is -2.48. The van der Waals surface area contributed by atoms with Crippen LogP contribution >= 0.6 is 35.3 Å². The Morgan fingerprint density at radius 2 is 1.22 bits per heavy atom. The van der Waals surface area contributed by atoms with Gasteiger partial charge in [0.15, 0.2) is 0 Å². The summed E-state index contributed by atoms with van der Waals surface area (Å²) in [5.74, 6) is 0. The first-order valence-electron chi connectivity index (χ1n) is 20.4. The van der Waals surface area contributed by atoms with Crippen molar-refractivity contribution in [3.63, 3.8) is 0 Å². The molecule has 7 aromatic carbocycles. The Morgan fingerprint density at radius 3 is 2.02 bits per heavy atom. The monoisotopic (exact) mass is 802 g/mol. The van der Waals surface area contributed by atoms with Gasteiger partial charge in [0, 0.05) is 74.0 Å². The summed E-state index contributed by atoms with van der Waals surface area (Å²) in [5.41, 5.74) is 17.8. The molecule has 1 aromatic heterocycles. The van der Waals surface area contributed by atoms with Crippen molar-refractivity contribution in [2.75, 3.05) is 9.71 Å². The minimum absolute atomic E-state index is 0.0647. The number of para-hydroxylation sites is 3. The fourth-order valence-electron chi connectivity index (χ4n) is 10.7. The minimum Gasteiger partial charge on any atom is -0.455 e. The van der Waals surface area contributed by atoms with Gasteiger partial charge >= 0.3 is 6.85 Å². The molecule has 5 heterocycles. The van der Waals surface area contributed by atoms with Gasteiger partial charge in [0.25, 0.3) is 0 Å². The highest BCUT2D eigenvalue weighted by Crippen LogP contribution is 2.59. The van der Waals surface area contributed by atoms with Crippen molar-refractivity contribution >= 4 is 103 Å². The smallest absolute Gasteiger partial charge is 0.333 e. The first-order valence-corrected chi connectivity index (χ1v) is 22.9. The second kappa shape index (κ2) is 11.6. The van der Waals surface area contributed by atoms with Crippen LogP contribution in [0.2, 0.25) is 0 Å². The summed E-state index contributed by atoms with van der Waals surface area (Å²) >= 11 is 5.71. The Labute approximate surface area is 352 Å². The Kier molecular flexibility index (Phi) is 6.81. The van der Waals surface area contributed by atoms with Crippen molar-refractivity contribution in [1.82, 2.24) is 0 Å². The third-order valence-electron chi connectivity index (χ3n) is 13.6. The van der Waals surface area contributed by atoms with Gasteiger partial charge < -0.3 is 14.1 Å². The Morgan fingerprint density at radius 1 is 0.569 bits per heavy atom. The number of fused-ring (bicyclic) bond motifs is 13. The quantitative estimate of drug-likeness (QED) is 0.153. The number of benzene rings is 7. The van der Waals surface area contributed by atoms with Crippen LogP contribution in [0.25, 0.3) is 33.1 Å². The number of rotatable bonds is 1. The van der Waals surface area contributed by atoms with Crippen LogP contribution < -0.4 is 20.6 Å². The molecular formula is C51H39BN2OS3. The molecule has 0 saturated carbocycles. The molecule has 0 unspecified atom stereocenters. The van der Waals surface area contributed by atoms with Crippen molar-refractivity contribution in [2.24, 2.45) is 0 Å². The summed E-state index contributed by atoms with van der Waals surface area (Å²) in [6, 6.07) is 46.1. The van der Waals surface area contributed by atoms with Crippen LogP contribution in [-0.2, 0) is 10.8 Å². The summed E-state index contributed by atoms with van der Waals surface area (Å²) in [6.45, 7) is 12.0. The first-order chi connectivity index (χ1) is 28.1. The molecule has 4 aliphatic heterocycles. The molecule has 0 radical (unpaired) electrons. The molecular weight excluding hydrogens is 764 g/mol. The number of nitrogens with zero attached hydrogens (tertiary/aromatic N) is 2. The largest absolute Gasteiger partial charge is 0.455 e. The van der Waals surface area contributed by atoms with E-state index in [1.165, 1.54) is 115 Å². The van der Waals surface area contributed by atoms with Gasteiger partial charge in [-0.2, -0.15) is 0 Å². The van der Waals surface area contributed by atoms with E-state index >= 15 is 0 Å². The zero-order chi connectivity index (χ0) is 38.8. The van der Waals surface area contributed by atoms with Crippen LogP contribution in [0, 0.1) is 6.92 Å². The van der Waals surface area contributed by atoms with E-state index in [4.69, 9.17) is 4.42 Å². The standard InChI is InChI=1S/C51H39BN2OS3/c1-28-23-32-33(51(4,5)22-21-50(32,2)3)25-36(28)53-37-27-45-44(57-41-18-10-11-19-42(41)58-45)26-34(37)52-47-38(53)24-31-29-13-6-8-16-39(29)55-49(31)46(47)30-14-12-20-43-48(30)54(52)35-15-7-9-17-40(35)56-43/h6-20,23-27H,21-22H2,1-5H3. The molecule has 13 rings (SSSR count). The number of hydrogen-bond donors (Lipinski definition) is 0. The third kappa shape index (κ3) is 4.48. The predicted molar refractivity (Wildman–Crippen MR) is 246 cm³/mol. The van der Waals surface area contributed by atoms with Crippen LogP contribution in [0.4, 0.5) is 28.4 Å². The Hall–Kier alpha value is -4.95. The first kappa shape index (κ1) is 34.0. The molecule has 0 spiro atoms. The van der Waals surface area contributed by atoms with E-state index in [9.17, 15) is 0 Å². The lowest BCUT2D eigenvalue weighted by molar-refractivity contribution is 0.332. The Balaban J connectivity index is 1.19. The van der Waals surface area contributed by atoms with Gasteiger partial charge in [0.1, 0.15) is 11.2 Å². The summed E-state index contributed by atoms with van der Waals surface area (Å²) in [5, 5.41) is 2.32. The van der Waals surface area contributed by atoms with Crippen LogP contribution in [0.3, 0.4) is 0 Å². The fourth-order valence-corrected chi connectivity index (χ4v) is 14.0. The van der Waals surface area contributed by atoms with Crippen molar-refractivity contribution in [3.05, 3.63) is 138 Å². The number of furan rings is 1. The van der Waals surface area contributed by atoms with Gasteiger partial charge in [-0.1, -0.05) is 124 Å². The average molecular weight is 803 g/mol. The van der Waals surface area contributed by atoms with E-state index in [0.717, 1.165) is 16.6 Å². The van der Waals surface area contributed by atoms with Crippen LogP contribution in [0.5, 0.6) is 0 Å². The lowest BCUT2D eigenvalue weighted by atomic mass is 9.43. The zero-order valence-corrected chi connectivity index (χ0v) is 35.5. The number of aryl methyl sites for hydroxylation is 1. The molecule has 0 saturated heterocycles. The van der Waals surface area contributed by atoms with Crippen molar-refractivity contribution in [3.8, 4) is 11.1 Å². The van der Waals surface area contributed by atoms with Crippen LogP contribution in [0.15, 0.2) is 155 Å². The molecule has 0 atom stereocenters.